The van der Waals surface area contributed by atoms with Crippen LogP contribution in [0, 0.1) is 6.92 Å². The van der Waals surface area contributed by atoms with Crippen molar-refractivity contribution in [2.75, 3.05) is 0 Å². The van der Waals surface area contributed by atoms with Gasteiger partial charge in [-0.2, -0.15) is 0 Å². The molecule has 2 aromatic rings. The van der Waals surface area contributed by atoms with Crippen molar-refractivity contribution in [3.8, 4) is 0 Å². The number of nitrogens with one attached hydrogen (secondary N) is 2. The fraction of sp³-hybridized carbons (Fsp3) is 0.176. The summed E-state index contributed by atoms with van der Waals surface area (Å²) in [6, 6.07) is 14.9. The number of amides is 1. The van der Waals surface area contributed by atoms with Crippen LogP contribution in [0.1, 0.15) is 32.7 Å². The molecule has 2 N–H and O–H groups in total. The van der Waals surface area contributed by atoms with Crippen molar-refractivity contribution in [1.82, 2.24) is 10.9 Å². The number of benzene rings is 2. The predicted molar refractivity (Wildman–Crippen MR) is 86.8 cm³/mol. The highest BCUT2D eigenvalue weighted by molar-refractivity contribution is 8.00. The maximum absolute atomic E-state index is 12.4. The lowest BCUT2D eigenvalue weighted by Crippen LogP contribution is -2.41. The quantitative estimate of drug-likeness (QED) is 0.856. The SMILES string of the molecule is Cc1ccc(C(=O)CC2NNC(=O)c3ccccc3S2)cc1. The van der Waals surface area contributed by atoms with Crippen LogP contribution < -0.4 is 10.9 Å². The van der Waals surface area contributed by atoms with Gasteiger partial charge in [-0.15, -0.1) is 11.8 Å². The normalized spacial score (nSPS) is 17.3. The monoisotopic (exact) mass is 312 g/mol. The number of Topliss-reactive ketones (excluding diaryl/α,β-unsaturated/α-hetero) is 1. The van der Waals surface area contributed by atoms with Gasteiger partial charge in [0.1, 0.15) is 0 Å². The summed E-state index contributed by atoms with van der Waals surface area (Å²) in [6.45, 7) is 1.99. The molecule has 1 amide bonds. The number of carbonyl (C=O) groups excluding carboxylic acids is 2. The van der Waals surface area contributed by atoms with Crippen LogP contribution in [0.4, 0.5) is 0 Å². The van der Waals surface area contributed by atoms with Crippen LogP contribution in [0.25, 0.3) is 0 Å². The Morgan fingerprint density at radius 3 is 2.64 bits per heavy atom. The molecule has 1 atom stereocenters. The second-order valence-corrected chi connectivity index (χ2v) is 6.44. The first-order valence-corrected chi connectivity index (χ1v) is 7.93. The number of hydrogen-bond donors (Lipinski definition) is 2. The van der Waals surface area contributed by atoms with Gasteiger partial charge in [-0.1, -0.05) is 42.0 Å². The largest absolute Gasteiger partial charge is 0.294 e. The van der Waals surface area contributed by atoms with E-state index in [1.165, 1.54) is 11.8 Å². The number of ketones is 1. The van der Waals surface area contributed by atoms with E-state index in [0.29, 0.717) is 17.5 Å². The van der Waals surface area contributed by atoms with Crippen LogP contribution in [0.2, 0.25) is 0 Å². The van der Waals surface area contributed by atoms with Crippen molar-refractivity contribution in [3.05, 3.63) is 65.2 Å². The fourth-order valence-electron chi connectivity index (χ4n) is 2.27. The van der Waals surface area contributed by atoms with Gasteiger partial charge in [0.05, 0.1) is 10.9 Å². The first kappa shape index (κ1) is 14.8. The summed E-state index contributed by atoms with van der Waals surface area (Å²) in [4.78, 5) is 25.2. The first-order valence-electron chi connectivity index (χ1n) is 7.05. The van der Waals surface area contributed by atoms with E-state index in [-0.39, 0.29) is 17.1 Å². The molecule has 3 rings (SSSR count). The van der Waals surface area contributed by atoms with Gasteiger partial charge in [0.15, 0.2) is 5.78 Å². The Hall–Kier alpha value is -2.11. The molecule has 0 aromatic heterocycles. The van der Waals surface area contributed by atoms with Crippen LogP contribution in [-0.4, -0.2) is 17.1 Å². The summed E-state index contributed by atoms with van der Waals surface area (Å²) in [5, 5.41) is -0.193. The summed E-state index contributed by atoms with van der Waals surface area (Å²) in [7, 11) is 0. The van der Waals surface area contributed by atoms with E-state index in [2.05, 4.69) is 10.9 Å². The van der Waals surface area contributed by atoms with Crippen molar-refractivity contribution in [1.29, 1.82) is 0 Å². The molecule has 112 valence electrons. The van der Waals surface area contributed by atoms with E-state index >= 15 is 0 Å². The molecule has 1 aliphatic heterocycles. The lowest BCUT2D eigenvalue weighted by molar-refractivity contribution is 0.0915. The molecule has 1 heterocycles. The van der Waals surface area contributed by atoms with Gasteiger partial charge < -0.3 is 0 Å². The zero-order valence-electron chi connectivity index (χ0n) is 12.1. The first-order chi connectivity index (χ1) is 10.6. The van der Waals surface area contributed by atoms with Gasteiger partial charge in [0, 0.05) is 16.9 Å². The number of hydrazine groups is 1. The number of fused-ring (bicyclic) bond motifs is 1. The molecular formula is C17H16N2O2S. The Bertz CT molecular complexity index is 713. The molecule has 0 fully saturated rings. The summed E-state index contributed by atoms with van der Waals surface area (Å²) >= 11 is 1.49. The van der Waals surface area contributed by atoms with Gasteiger partial charge >= 0.3 is 0 Å². The van der Waals surface area contributed by atoms with E-state index in [9.17, 15) is 9.59 Å². The van der Waals surface area contributed by atoms with Crippen molar-refractivity contribution >= 4 is 23.5 Å². The minimum atomic E-state index is -0.193. The van der Waals surface area contributed by atoms with Gasteiger partial charge in [-0.05, 0) is 19.1 Å². The third-order valence-electron chi connectivity index (χ3n) is 3.49. The van der Waals surface area contributed by atoms with Crippen molar-refractivity contribution in [3.63, 3.8) is 0 Å². The second-order valence-electron chi connectivity index (χ2n) is 5.19. The molecule has 0 saturated carbocycles. The standard InChI is InChI=1S/C17H16N2O2S/c1-11-6-8-12(9-7-11)14(20)10-16-18-19-17(21)13-4-2-3-5-15(13)22-16/h2-9,16,18H,10H2,1H3,(H,19,21). The molecule has 22 heavy (non-hydrogen) atoms. The summed E-state index contributed by atoms with van der Waals surface area (Å²) in [5.41, 5.74) is 8.03. The zero-order valence-corrected chi connectivity index (χ0v) is 12.9. The number of aryl methyl sites for hydroxylation is 1. The van der Waals surface area contributed by atoms with Crippen LogP contribution in [0.5, 0.6) is 0 Å². The highest BCUT2D eigenvalue weighted by Gasteiger charge is 2.23. The maximum atomic E-state index is 12.4. The lowest BCUT2D eigenvalue weighted by Gasteiger charge is -2.14. The highest BCUT2D eigenvalue weighted by Crippen LogP contribution is 2.29. The molecule has 2 aromatic carbocycles. The average Bonchev–Trinajstić information content (AvgIpc) is 2.68. The van der Waals surface area contributed by atoms with Crippen LogP contribution >= 0.6 is 11.8 Å². The number of thioether (sulfide) groups is 1. The molecule has 0 spiro atoms. The van der Waals surface area contributed by atoms with Crippen LogP contribution in [0.15, 0.2) is 53.4 Å². The van der Waals surface area contributed by atoms with Crippen LogP contribution in [-0.2, 0) is 0 Å². The van der Waals surface area contributed by atoms with Gasteiger partial charge in [0.2, 0.25) is 0 Å². The van der Waals surface area contributed by atoms with Crippen molar-refractivity contribution in [2.45, 2.75) is 23.6 Å². The highest BCUT2D eigenvalue weighted by atomic mass is 32.2. The summed E-state index contributed by atoms with van der Waals surface area (Å²) < 4.78 is 0. The van der Waals surface area contributed by atoms with Crippen molar-refractivity contribution < 1.29 is 9.59 Å². The topological polar surface area (TPSA) is 58.2 Å². The molecule has 1 aliphatic rings. The lowest BCUT2D eigenvalue weighted by atomic mass is 10.1. The number of carbonyl (C=O) groups is 2. The molecule has 4 nitrogen and oxygen atoms in total. The Balaban J connectivity index is 1.75. The molecular weight excluding hydrogens is 296 g/mol. The number of rotatable bonds is 3. The van der Waals surface area contributed by atoms with E-state index in [1.807, 2.05) is 49.4 Å². The van der Waals surface area contributed by atoms with Gasteiger partial charge in [0.25, 0.3) is 5.91 Å². The van der Waals surface area contributed by atoms with E-state index in [0.717, 1.165) is 10.5 Å². The van der Waals surface area contributed by atoms with E-state index < -0.39 is 0 Å². The third-order valence-corrected chi connectivity index (χ3v) is 4.67. The summed E-state index contributed by atoms with van der Waals surface area (Å²) in [5.74, 6) is -0.119. The Kier molecular flexibility index (Phi) is 4.27. The van der Waals surface area contributed by atoms with E-state index in [4.69, 9.17) is 0 Å². The van der Waals surface area contributed by atoms with Gasteiger partial charge in [-0.25, -0.2) is 5.43 Å². The molecule has 0 saturated heterocycles. The minimum absolute atomic E-state index is 0.0543. The Morgan fingerprint density at radius 1 is 1.14 bits per heavy atom. The fourth-order valence-corrected chi connectivity index (χ4v) is 3.38. The molecule has 5 heteroatoms. The number of hydrogen-bond acceptors (Lipinski definition) is 4. The zero-order chi connectivity index (χ0) is 15.5. The average molecular weight is 312 g/mol. The predicted octanol–water partition coefficient (Wildman–Crippen LogP) is 2.93. The van der Waals surface area contributed by atoms with Crippen LogP contribution in [0.3, 0.4) is 0 Å². The van der Waals surface area contributed by atoms with Gasteiger partial charge in [-0.3, -0.25) is 15.0 Å². The Labute approximate surface area is 133 Å². The molecule has 0 radical (unpaired) electrons. The smallest absolute Gasteiger partial charge is 0.266 e. The van der Waals surface area contributed by atoms with E-state index in [1.54, 1.807) is 6.07 Å². The maximum Gasteiger partial charge on any atom is 0.266 e. The minimum Gasteiger partial charge on any atom is -0.294 e. The van der Waals surface area contributed by atoms with Crippen molar-refractivity contribution in [2.24, 2.45) is 0 Å². The second kappa shape index (κ2) is 6.34. The third kappa shape index (κ3) is 3.21. The summed E-state index contributed by atoms with van der Waals surface area (Å²) in [6.07, 6.45) is 0.308. The molecule has 1 unspecified atom stereocenters. The Morgan fingerprint density at radius 2 is 1.86 bits per heavy atom. The molecule has 0 bridgehead atoms. The molecule has 0 aliphatic carbocycles.